The topological polar surface area (TPSA) is 41.3 Å². The molecule has 0 aliphatic rings. The molecule has 0 saturated heterocycles. The first-order valence-corrected chi connectivity index (χ1v) is 7.39. The van der Waals surface area contributed by atoms with Gasteiger partial charge in [-0.2, -0.15) is 5.10 Å². The third-order valence-electron chi connectivity index (χ3n) is 3.79. The van der Waals surface area contributed by atoms with E-state index in [2.05, 4.69) is 10.00 Å². The van der Waals surface area contributed by atoms with Gasteiger partial charge < -0.3 is 10.0 Å². The Bertz CT molecular complexity index is 622. The van der Waals surface area contributed by atoms with Crippen molar-refractivity contribution >= 4 is 11.6 Å². The minimum Gasteiger partial charge on any atom is -0.382 e. The highest BCUT2D eigenvalue weighted by molar-refractivity contribution is 6.31. The average molecular weight is 308 g/mol. The number of hydrogen-bond acceptors (Lipinski definition) is 3. The maximum Gasteiger partial charge on any atom is 0.122 e. The first kappa shape index (κ1) is 16.0. The highest BCUT2D eigenvalue weighted by Gasteiger charge is 2.21. The first-order valence-electron chi connectivity index (χ1n) is 7.02. The number of aromatic nitrogens is 2. The molecule has 0 fully saturated rings. The summed E-state index contributed by atoms with van der Waals surface area (Å²) in [6.07, 6.45) is 0.836. The second-order valence-electron chi connectivity index (χ2n) is 5.60. The van der Waals surface area contributed by atoms with E-state index in [1.54, 1.807) is 10.9 Å². The summed E-state index contributed by atoms with van der Waals surface area (Å²) in [7, 11) is 4.01. The van der Waals surface area contributed by atoms with Crippen LogP contribution in [0.5, 0.6) is 0 Å². The van der Waals surface area contributed by atoms with Gasteiger partial charge in [0.15, 0.2) is 0 Å². The van der Waals surface area contributed by atoms with E-state index in [4.69, 9.17) is 11.6 Å². The molecule has 0 spiro atoms. The molecule has 0 bridgehead atoms. The van der Waals surface area contributed by atoms with Crippen molar-refractivity contribution < 1.29 is 5.11 Å². The Kier molecular flexibility index (Phi) is 5.04. The van der Waals surface area contributed by atoms with E-state index in [1.165, 1.54) is 0 Å². The van der Waals surface area contributed by atoms with Gasteiger partial charge >= 0.3 is 0 Å². The van der Waals surface area contributed by atoms with Crippen LogP contribution >= 0.6 is 11.6 Å². The molecule has 0 aliphatic heterocycles. The zero-order valence-corrected chi connectivity index (χ0v) is 13.7. The molecular weight excluding hydrogens is 286 g/mol. The van der Waals surface area contributed by atoms with Crippen LogP contribution in [0.1, 0.15) is 28.5 Å². The molecule has 114 valence electrons. The normalized spacial score (nSPS) is 12.9. The fourth-order valence-electron chi connectivity index (χ4n) is 2.33. The lowest BCUT2D eigenvalue weighted by molar-refractivity contribution is 0.205. The van der Waals surface area contributed by atoms with Crippen LogP contribution in [0.3, 0.4) is 0 Å². The van der Waals surface area contributed by atoms with Crippen molar-refractivity contribution in [3.63, 3.8) is 0 Å². The van der Waals surface area contributed by atoms with Gasteiger partial charge in [-0.05, 0) is 44.6 Å². The summed E-state index contributed by atoms with van der Waals surface area (Å²) in [5.74, 6) is 0. The molecule has 0 amide bonds. The number of aliphatic hydroxyl groups excluding tert-OH is 1. The third kappa shape index (κ3) is 3.46. The van der Waals surface area contributed by atoms with E-state index in [9.17, 15) is 5.11 Å². The van der Waals surface area contributed by atoms with Crippen LogP contribution in [0.25, 0.3) is 0 Å². The summed E-state index contributed by atoms with van der Waals surface area (Å²) in [6.45, 7) is 5.58. The zero-order chi connectivity index (χ0) is 15.6. The summed E-state index contributed by atoms with van der Waals surface area (Å²) in [4.78, 5) is 2.07. The smallest absolute Gasteiger partial charge is 0.122 e. The van der Waals surface area contributed by atoms with Gasteiger partial charge in [0.05, 0.1) is 23.5 Å². The monoisotopic (exact) mass is 307 g/mol. The maximum absolute atomic E-state index is 10.8. The highest BCUT2D eigenvalue weighted by atomic mass is 35.5. The summed E-state index contributed by atoms with van der Waals surface area (Å²) in [5, 5.41) is 15.5. The molecule has 0 saturated carbocycles. The zero-order valence-electron chi connectivity index (χ0n) is 13.0. The van der Waals surface area contributed by atoms with Crippen LogP contribution in [0.4, 0.5) is 0 Å². The lowest BCUT2D eigenvalue weighted by Gasteiger charge is -2.18. The van der Waals surface area contributed by atoms with Gasteiger partial charge in [0, 0.05) is 6.54 Å². The minimum absolute atomic E-state index is 0.502. The van der Waals surface area contributed by atoms with Gasteiger partial charge in [-0.15, -0.1) is 0 Å². The molecular formula is C16H22ClN3O. The Morgan fingerprint density at radius 3 is 2.71 bits per heavy atom. The van der Waals surface area contributed by atoms with Gasteiger partial charge in [0.2, 0.25) is 0 Å². The van der Waals surface area contributed by atoms with Gasteiger partial charge in [0.1, 0.15) is 6.10 Å². The molecule has 1 atom stereocenters. The predicted molar refractivity (Wildman–Crippen MR) is 85.8 cm³/mol. The third-order valence-corrected chi connectivity index (χ3v) is 4.08. The van der Waals surface area contributed by atoms with Crippen LogP contribution in [0.15, 0.2) is 24.4 Å². The number of nitrogens with zero attached hydrogens (tertiary/aromatic N) is 3. The van der Waals surface area contributed by atoms with E-state index in [0.29, 0.717) is 17.3 Å². The lowest BCUT2D eigenvalue weighted by Crippen LogP contribution is -2.21. The molecule has 1 heterocycles. The number of aliphatic hydroxyl groups is 1. The number of rotatable bonds is 5. The molecule has 2 rings (SSSR count). The summed E-state index contributed by atoms with van der Waals surface area (Å²) < 4.78 is 1.79. The number of halogens is 1. The van der Waals surface area contributed by atoms with Crippen molar-refractivity contribution in [1.29, 1.82) is 0 Å². The van der Waals surface area contributed by atoms with E-state index in [0.717, 1.165) is 23.2 Å². The maximum atomic E-state index is 10.8. The molecule has 5 heteroatoms. The Morgan fingerprint density at radius 1 is 1.33 bits per heavy atom. The molecule has 1 aromatic heterocycles. The fourth-order valence-corrected chi connectivity index (χ4v) is 2.58. The number of benzene rings is 1. The van der Waals surface area contributed by atoms with Crippen LogP contribution < -0.4 is 0 Å². The van der Waals surface area contributed by atoms with Crippen molar-refractivity contribution in [3.05, 3.63) is 51.8 Å². The molecule has 21 heavy (non-hydrogen) atoms. The number of hydrogen-bond donors (Lipinski definition) is 1. The first-order chi connectivity index (χ1) is 9.91. The Hall–Kier alpha value is -1.36. The fraction of sp³-hybridized carbons (Fsp3) is 0.438. The van der Waals surface area contributed by atoms with Crippen LogP contribution in [-0.2, 0) is 6.54 Å². The standard InChI is InChI=1S/C16H22ClN3O/c1-11-6-5-7-13(12(11)2)16(21)15-14(17)10-18-20(15)9-8-19(3)4/h5-7,10,16,21H,8-9H2,1-4H3. The van der Waals surface area contributed by atoms with E-state index < -0.39 is 6.10 Å². The number of aryl methyl sites for hydroxylation is 1. The molecule has 4 nitrogen and oxygen atoms in total. The van der Waals surface area contributed by atoms with Gasteiger partial charge in [-0.1, -0.05) is 29.8 Å². The molecule has 0 aliphatic carbocycles. The average Bonchev–Trinajstić information content (AvgIpc) is 2.80. The predicted octanol–water partition coefficient (Wildman–Crippen LogP) is 2.80. The van der Waals surface area contributed by atoms with Crippen LogP contribution in [0, 0.1) is 13.8 Å². The SMILES string of the molecule is Cc1cccc(C(O)c2c(Cl)cnn2CCN(C)C)c1C. The molecule has 2 aromatic rings. The van der Waals surface area contributed by atoms with Crippen LogP contribution in [-0.4, -0.2) is 40.4 Å². The van der Waals surface area contributed by atoms with E-state index in [1.807, 2.05) is 46.1 Å². The van der Waals surface area contributed by atoms with E-state index >= 15 is 0 Å². The van der Waals surface area contributed by atoms with Gasteiger partial charge in [0.25, 0.3) is 0 Å². The Labute approximate surface area is 131 Å². The van der Waals surface area contributed by atoms with E-state index in [-0.39, 0.29) is 0 Å². The lowest BCUT2D eigenvalue weighted by atomic mass is 9.97. The molecule has 0 radical (unpaired) electrons. The second kappa shape index (κ2) is 6.60. The highest BCUT2D eigenvalue weighted by Crippen LogP contribution is 2.30. The summed E-state index contributed by atoms with van der Waals surface area (Å²) >= 11 is 6.24. The summed E-state index contributed by atoms with van der Waals surface area (Å²) in [5.41, 5.74) is 3.78. The quantitative estimate of drug-likeness (QED) is 0.923. The Morgan fingerprint density at radius 2 is 2.05 bits per heavy atom. The Balaban J connectivity index is 2.36. The van der Waals surface area contributed by atoms with Crippen molar-refractivity contribution in [2.45, 2.75) is 26.5 Å². The molecule has 1 N–H and O–H groups in total. The van der Waals surface area contributed by atoms with Crippen molar-refractivity contribution in [2.24, 2.45) is 0 Å². The second-order valence-corrected chi connectivity index (χ2v) is 6.00. The minimum atomic E-state index is -0.762. The molecule has 1 aromatic carbocycles. The van der Waals surface area contributed by atoms with Gasteiger partial charge in [-0.25, -0.2) is 0 Å². The largest absolute Gasteiger partial charge is 0.382 e. The molecule has 1 unspecified atom stereocenters. The van der Waals surface area contributed by atoms with Crippen LogP contribution in [0.2, 0.25) is 5.02 Å². The van der Waals surface area contributed by atoms with Crippen molar-refractivity contribution in [1.82, 2.24) is 14.7 Å². The van der Waals surface area contributed by atoms with Crippen molar-refractivity contribution in [2.75, 3.05) is 20.6 Å². The summed E-state index contributed by atoms with van der Waals surface area (Å²) in [6, 6.07) is 5.93. The number of likely N-dealkylation sites (N-methyl/N-ethyl adjacent to an activating group) is 1. The van der Waals surface area contributed by atoms with Gasteiger partial charge in [-0.3, -0.25) is 4.68 Å². The van der Waals surface area contributed by atoms with Crippen molar-refractivity contribution in [3.8, 4) is 0 Å².